The zero-order valence-corrected chi connectivity index (χ0v) is 24.2. The Morgan fingerprint density at radius 2 is 1.65 bits per heavy atom. The number of likely N-dealkylation sites (tertiary alicyclic amines) is 1. The van der Waals surface area contributed by atoms with Crippen LogP contribution in [-0.4, -0.2) is 63.0 Å². The van der Waals surface area contributed by atoms with E-state index in [0.717, 1.165) is 41.1 Å². The van der Waals surface area contributed by atoms with E-state index in [0.29, 0.717) is 19.6 Å². The van der Waals surface area contributed by atoms with E-state index < -0.39 is 0 Å². The minimum absolute atomic E-state index is 0. The molecule has 4 rings (SSSR count). The first-order valence-corrected chi connectivity index (χ1v) is 13.4. The highest BCUT2D eigenvalue weighted by atomic mass is 35.5. The second-order valence-electron chi connectivity index (χ2n) is 9.72. The Morgan fingerprint density at radius 3 is 2.25 bits per heavy atom. The molecule has 1 fully saturated rings. The number of aliphatic imine (C=N–C) groups is 1. The van der Waals surface area contributed by atoms with E-state index in [2.05, 4.69) is 34.6 Å². The topological polar surface area (TPSA) is 80.2 Å². The highest BCUT2D eigenvalue weighted by Crippen LogP contribution is 2.29. The number of methoxy groups -OCH3 is 1. The van der Waals surface area contributed by atoms with E-state index in [4.69, 9.17) is 9.47 Å². The molecule has 0 bridgehead atoms. The first kappa shape index (κ1) is 30.7. The summed E-state index contributed by atoms with van der Waals surface area (Å²) in [6.07, 6.45) is 2.43. The standard InChI is InChI=1S/C32H37N3O4.ClH/c1-33-31(34-2)26-13-11-24(12-14-26)25-15-17-29(18-16-25)39-22-28-20-27(21-30(36)38-3)32(37)35(28)19-7-10-23-8-5-4-6-9-23;/h4-6,8-9,11-18,27-28H,7,10,19-22H2,1-3H3,(H,33,34);1H/t27-,28-;/m0./s1. The molecule has 7 nitrogen and oxygen atoms in total. The molecule has 0 radical (unpaired) electrons. The molecule has 0 aromatic heterocycles. The third-order valence-electron chi connectivity index (χ3n) is 7.23. The SMILES string of the molecule is CN=C(NC)c1ccc(-c2ccc(OC[C@@H]3C[C@@H](CC(=O)OC)C(=O)N3CCCc3ccccc3)cc2)cc1.Cl. The van der Waals surface area contributed by atoms with Gasteiger partial charge < -0.3 is 19.7 Å². The molecule has 3 aromatic carbocycles. The number of ether oxygens (including phenoxy) is 2. The Labute approximate surface area is 243 Å². The average molecular weight is 564 g/mol. The number of hydrogen-bond donors (Lipinski definition) is 1. The summed E-state index contributed by atoms with van der Waals surface area (Å²) in [6.45, 7) is 1.01. The largest absolute Gasteiger partial charge is 0.491 e. The smallest absolute Gasteiger partial charge is 0.306 e. The summed E-state index contributed by atoms with van der Waals surface area (Å²) in [5, 5.41) is 3.10. The summed E-state index contributed by atoms with van der Waals surface area (Å²) in [5.41, 5.74) is 4.48. The minimum Gasteiger partial charge on any atom is -0.491 e. The molecule has 3 aromatic rings. The van der Waals surface area contributed by atoms with Gasteiger partial charge >= 0.3 is 5.97 Å². The van der Waals surface area contributed by atoms with Gasteiger partial charge in [0.05, 0.1) is 25.5 Å². The van der Waals surface area contributed by atoms with Crippen LogP contribution in [0.4, 0.5) is 0 Å². The first-order chi connectivity index (χ1) is 19.0. The van der Waals surface area contributed by atoms with Crippen LogP contribution < -0.4 is 10.1 Å². The lowest BCUT2D eigenvalue weighted by Crippen LogP contribution is -2.38. The lowest BCUT2D eigenvalue weighted by molar-refractivity contribution is -0.144. The van der Waals surface area contributed by atoms with Crippen molar-refractivity contribution in [3.05, 3.63) is 90.0 Å². The number of carbonyl (C=O) groups excluding carboxylic acids is 2. The number of carbonyl (C=O) groups is 2. The molecule has 40 heavy (non-hydrogen) atoms. The van der Waals surface area contributed by atoms with Crippen LogP contribution in [0.5, 0.6) is 5.75 Å². The molecule has 1 amide bonds. The molecule has 1 aliphatic heterocycles. The molecular formula is C32H38ClN3O4. The van der Waals surface area contributed by atoms with Crippen molar-refractivity contribution in [1.29, 1.82) is 0 Å². The molecule has 1 saturated heterocycles. The second kappa shape index (κ2) is 15.1. The molecule has 2 atom stereocenters. The first-order valence-electron chi connectivity index (χ1n) is 13.4. The van der Waals surface area contributed by atoms with Gasteiger partial charge in [-0.1, -0.05) is 66.7 Å². The summed E-state index contributed by atoms with van der Waals surface area (Å²) in [4.78, 5) is 31.2. The maximum absolute atomic E-state index is 13.2. The van der Waals surface area contributed by atoms with Crippen LogP contribution in [-0.2, 0) is 20.7 Å². The fourth-order valence-electron chi connectivity index (χ4n) is 5.12. The maximum atomic E-state index is 13.2. The van der Waals surface area contributed by atoms with E-state index in [1.54, 1.807) is 7.05 Å². The summed E-state index contributed by atoms with van der Waals surface area (Å²) in [7, 11) is 4.99. The number of benzene rings is 3. The number of nitrogens with zero attached hydrogens (tertiary/aromatic N) is 2. The van der Waals surface area contributed by atoms with Crippen molar-refractivity contribution in [2.45, 2.75) is 31.7 Å². The van der Waals surface area contributed by atoms with Crippen LogP contribution in [0.1, 0.15) is 30.4 Å². The lowest BCUT2D eigenvalue weighted by Gasteiger charge is -2.25. The van der Waals surface area contributed by atoms with Gasteiger partial charge in [-0.05, 0) is 48.1 Å². The second-order valence-corrected chi connectivity index (χ2v) is 9.72. The van der Waals surface area contributed by atoms with Crippen molar-refractivity contribution in [2.24, 2.45) is 10.9 Å². The summed E-state index contributed by atoms with van der Waals surface area (Å²) < 4.78 is 11.0. The van der Waals surface area contributed by atoms with E-state index in [-0.39, 0.29) is 42.7 Å². The monoisotopic (exact) mass is 563 g/mol. The van der Waals surface area contributed by atoms with Crippen LogP contribution >= 0.6 is 12.4 Å². The Bertz CT molecular complexity index is 1260. The Hall–Kier alpha value is -3.84. The van der Waals surface area contributed by atoms with Crippen molar-refractivity contribution in [3.8, 4) is 16.9 Å². The van der Waals surface area contributed by atoms with Crippen molar-refractivity contribution in [2.75, 3.05) is 34.4 Å². The van der Waals surface area contributed by atoms with E-state index in [9.17, 15) is 9.59 Å². The van der Waals surface area contributed by atoms with Gasteiger partial charge in [-0.15, -0.1) is 12.4 Å². The van der Waals surface area contributed by atoms with Crippen molar-refractivity contribution >= 4 is 30.1 Å². The Kier molecular flexibility index (Phi) is 11.6. The molecule has 0 spiro atoms. The van der Waals surface area contributed by atoms with Crippen molar-refractivity contribution in [3.63, 3.8) is 0 Å². The van der Waals surface area contributed by atoms with Crippen LogP contribution in [0.3, 0.4) is 0 Å². The molecule has 0 unspecified atom stereocenters. The van der Waals surface area contributed by atoms with Gasteiger partial charge in [-0.2, -0.15) is 0 Å². The average Bonchev–Trinajstić information content (AvgIpc) is 3.27. The van der Waals surface area contributed by atoms with E-state index >= 15 is 0 Å². The normalized spacial score (nSPS) is 16.8. The van der Waals surface area contributed by atoms with Gasteiger partial charge in [-0.25, -0.2) is 0 Å². The molecule has 1 aliphatic rings. The predicted molar refractivity (Wildman–Crippen MR) is 161 cm³/mol. The molecular weight excluding hydrogens is 526 g/mol. The van der Waals surface area contributed by atoms with Gasteiger partial charge in [0, 0.05) is 26.2 Å². The predicted octanol–water partition coefficient (Wildman–Crippen LogP) is 5.16. The number of halogens is 1. The van der Waals surface area contributed by atoms with Gasteiger partial charge in [0.2, 0.25) is 5.91 Å². The highest BCUT2D eigenvalue weighted by molar-refractivity contribution is 5.98. The van der Waals surface area contributed by atoms with Crippen molar-refractivity contribution < 1.29 is 19.1 Å². The zero-order chi connectivity index (χ0) is 27.6. The molecule has 1 heterocycles. The van der Waals surface area contributed by atoms with Gasteiger partial charge in [-0.3, -0.25) is 14.6 Å². The third-order valence-corrected chi connectivity index (χ3v) is 7.23. The number of rotatable bonds is 11. The number of esters is 1. The maximum Gasteiger partial charge on any atom is 0.306 e. The molecule has 8 heteroatoms. The number of nitrogens with one attached hydrogen (secondary N) is 1. The molecule has 0 saturated carbocycles. The van der Waals surface area contributed by atoms with Gasteiger partial charge in [0.15, 0.2) is 0 Å². The number of aryl methyl sites for hydroxylation is 1. The van der Waals surface area contributed by atoms with Gasteiger partial charge in [0.25, 0.3) is 0 Å². The summed E-state index contributed by atoms with van der Waals surface area (Å²) in [5.74, 6) is 0.884. The Morgan fingerprint density at radius 1 is 1.00 bits per heavy atom. The molecule has 0 aliphatic carbocycles. The fourth-order valence-corrected chi connectivity index (χ4v) is 5.12. The van der Waals surface area contributed by atoms with Crippen LogP contribution in [0.15, 0.2) is 83.9 Å². The summed E-state index contributed by atoms with van der Waals surface area (Å²) >= 11 is 0. The molecule has 212 valence electrons. The van der Waals surface area contributed by atoms with Crippen molar-refractivity contribution in [1.82, 2.24) is 10.2 Å². The quantitative estimate of drug-likeness (QED) is 0.198. The number of hydrogen-bond acceptors (Lipinski definition) is 5. The van der Waals surface area contributed by atoms with Crippen LogP contribution in [0, 0.1) is 5.92 Å². The minimum atomic E-state index is -0.366. The number of amidine groups is 1. The van der Waals surface area contributed by atoms with Gasteiger partial charge in [0.1, 0.15) is 18.2 Å². The van der Waals surface area contributed by atoms with Crippen LogP contribution in [0.2, 0.25) is 0 Å². The molecule has 1 N–H and O–H groups in total. The van der Waals surface area contributed by atoms with E-state index in [1.165, 1.54) is 12.7 Å². The Balaban J connectivity index is 0.00000441. The van der Waals surface area contributed by atoms with E-state index in [1.807, 2.05) is 66.5 Å². The number of amides is 1. The zero-order valence-electron chi connectivity index (χ0n) is 23.3. The summed E-state index contributed by atoms with van der Waals surface area (Å²) in [6, 6.07) is 26.4. The van der Waals surface area contributed by atoms with Crippen LogP contribution in [0.25, 0.3) is 11.1 Å². The lowest BCUT2D eigenvalue weighted by atomic mass is 10.0. The highest BCUT2D eigenvalue weighted by Gasteiger charge is 2.40. The third kappa shape index (κ3) is 7.85. The fraction of sp³-hybridized carbons (Fsp3) is 0.344.